The maximum absolute atomic E-state index is 13.4. The highest BCUT2D eigenvalue weighted by Crippen LogP contribution is 2.33. The minimum Gasteiger partial charge on any atom is -0.475 e. The molecule has 1 aromatic carbocycles. The smallest absolute Gasteiger partial charge is 0.475 e. The molecule has 0 atom stereocenters. The van der Waals surface area contributed by atoms with Crippen LogP contribution in [0.1, 0.15) is 41.2 Å². The van der Waals surface area contributed by atoms with Gasteiger partial charge in [-0.3, -0.25) is 4.68 Å². The predicted molar refractivity (Wildman–Crippen MR) is 135 cm³/mol. The summed E-state index contributed by atoms with van der Waals surface area (Å²) in [6.07, 6.45) is -0.422. The quantitative estimate of drug-likeness (QED) is 0.333. The summed E-state index contributed by atoms with van der Waals surface area (Å²) in [4.78, 5) is 17.8. The van der Waals surface area contributed by atoms with E-state index in [4.69, 9.17) is 20.7 Å². The van der Waals surface area contributed by atoms with Gasteiger partial charge in [-0.25, -0.2) is 23.8 Å². The van der Waals surface area contributed by atoms with Gasteiger partial charge in [0, 0.05) is 30.3 Å². The third kappa shape index (κ3) is 6.41. The van der Waals surface area contributed by atoms with Gasteiger partial charge in [-0.1, -0.05) is 0 Å². The Labute approximate surface area is 221 Å². The molecule has 1 fully saturated rings. The van der Waals surface area contributed by atoms with Crippen molar-refractivity contribution < 1.29 is 27.5 Å². The molecule has 9 nitrogen and oxygen atoms in total. The van der Waals surface area contributed by atoms with Crippen LogP contribution in [0.15, 0.2) is 36.7 Å². The molecule has 5 rings (SSSR count). The molecular weight excluding hydrogens is 518 g/mol. The molecule has 0 radical (unpaired) electrons. The second-order valence-corrected chi connectivity index (χ2v) is 9.40. The summed E-state index contributed by atoms with van der Waals surface area (Å²) >= 11 is 0. The molecule has 13 heteroatoms. The van der Waals surface area contributed by atoms with Crippen LogP contribution in [0.2, 0.25) is 0 Å². The third-order valence-electron chi connectivity index (χ3n) is 6.43. The molecular formula is C26H27F4N7O2. The zero-order valence-electron chi connectivity index (χ0n) is 21.5. The van der Waals surface area contributed by atoms with E-state index in [-0.39, 0.29) is 5.82 Å². The zero-order chi connectivity index (χ0) is 28.5. The van der Waals surface area contributed by atoms with Crippen molar-refractivity contribution in [2.24, 2.45) is 5.92 Å². The van der Waals surface area contributed by atoms with Crippen LogP contribution in [0, 0.1) is 32.5 Å². The number of aryl methyl sites for hydroxylation is 1. The fourth-order valence-electron chi connectivity index (χ4n) is 4.04. The number of alkyl halides is 3. The highest BCUT2D eigenvalue weighted by atomic mass is 19.4. The van der Waals surface area contributed by atoms with Crippen LogP contribution in [-0.2, 0) is 17.8 Å². The third-order valence-corrected chi connectivity index (χ3v) is 6.43. The fourth-order valence-corrected chi connectivity index (χ4v) is 4.04. The molecule has 1 aliphatic rings. The van der Waals surface area contributed by atoms with E-state index in [1.807, 2.05) is 19.9 Å². The zero-order valence-corrected chi connectivity index (χ0v) is 21.5. The first-order chi connectivity index (χ1) is 18.3. The first-order valence-electron chi connectivity index (χ1n) is 12.1. The van der Waals surface area contributed by atoms with E-state index in [9.17, 15) is 17.6 Å². The van der Waals surface area contributed by atoms with E-state index in [0.29, 0.717) is 23.8 Å². The van der Waals surface area contributed by atoms with Crippen molar-refractivity contribution in [3.05, 3.63) is 70.8 Å². The molecule has 0 saturated heterocycles. The lowest BCUT2D eigenvalue weighted by Gasteiger charge is -2.09. The summed E-state index contributed by atoms with van der Waals surface area (Å²) < 4.78 is 49.0. The minimum absolute atomic E-state index is 0.248. The van der Waals surface area contributed by atoms with Gasteiger partial charge in [-0.05, 0) is 69.4 Å². The first kappa shape index (κ1) is 27.7. The number of anilines is 1. The van der Waals surface area contributed by atoms with Crippen LogP contribution in [-0.4, -0.2) is 46.8 Å². The molecule has 0 unspecified atom stereocenters. The molecule has 39 heavy (non-hydrogen) atoms. The number of nitrogens with zero attached hydrogens (tertiary/aromatic N) is 6. The van der Waals surface area contributed by atoms with Crippen molar-refractivity contribution >= 4 is 11.7 Å². The number of carboxylic acid groups (broad SMARTS) is 1. The van der Waals surface area contributed by atoms with Gasteiger partial charge in [0.15, 0.2) is 5.82 Å². The number of carbonyl (C=O) groups is 1. The van der Waals surface area contributed by atoms with Gasteiger partial charge in [-0.15, -0.1) is 0 Å². The van der Waals surface area contributed by atoms with Gasteiger partial charge in [0.2, 0.25) is 0 Å². The molecule has 0 amide bonds. The summed E-state index contributed by atoms with van der Waals surface area (Å²) in [5, 5.41) is 16.6. The normalized spacial score (nSPS) is 13.2. The van der Waals surface area contributed by atoms with Crippen molar-refractivity contribution in [1.29, 1.82) is 0 Å². The molecule has 0 bridgehead atoms. The number of nitrogen functional groups attached to an aromatic ring is 1. The Kier molecular flexibility index (Phi) is 7.70. The minimum atomic E-state index is -5.08. The topological polar surface area (TPSA) is 125 Å². The number of benzene rings is 1. The second-order valence-electron chi connectivity index (χ2n) is 9.40. The van der Waals surface area contributed by atoms with Crippen LogP contribution < -0.4 is 5.73 Å². The summed E-state index contributed by atoms with van der Waals surface area (Å²) in [5.41, 5.74) is 13.3. The first-order valence-corrected chi connectivity index (χ1v) is 12.1. The summed E-state index contributed by atoms with van der Waals surface area (Å²) in [7, 11) is 0. The SMILES string of the molecule is Cc1nn(-c2cc(Cc3c(C)c(-c4ccc(F)cc4)nn3CC3CC3)ncn2)c(C)c1N.O=C(O)C(F)(F)F. The average Bonchev–Trinajstić information content (AvgIpc) is 3.61. The Hall–Kier alpha value is -4.29. The number of halogens is 4. The number of hydrogen-bond acceptors (Lipinski definition) is 6. The van der Waals surface area contributed by atoms with E-state index in [0.717, 1.165) is 46.1 Å². The van der Waals surface area contributed by atoms with Gasteiger partial charge >= 0.3 is 12.1 Å². The largest absolute Gasteiger partial charge is 0.490 e. The van der Waals surface area contributed by atoms with Crippen molar-refractivity contribution in [2.75, 3.05) is 5.73 Å². The lowest BCUT2D eigenvalue weighted by molar-refractivity contribution is -0.192. The van der Waals surface area contributed by atoms with Crippen molar-refractivity contribution in [1.82, 2.24) is 29.5 Å². The van der Waals surface area contributed by atoms with Crippen LogP contribution >= 0.6 is 0 Å². The van der Waals surface area contributed by atoms with Crippen LogP contribution in [0.5, 0.6) is 0 Å². The Balaban J connectivity index is 0.000000448. The van der Waals surface area contributed by atoms with E-state index in [1.54, 1.807) is 23.1 Å². The molecule has 3 heterocycles. The molecule has 206 valence electrons. The van der Waals surface area contributed by atoms with Crippen LogP contribution in [0.25, 0.3) is 17.1 Å². The molecule has 3 aromatic heterocycles. The van der Waals surface area contributed by atoms with Crippen molar-refractivity contribution in [2.45, 2.75) is 52.8 Å². The standard InChI is InChI=1S/C24H26FN7.C2HF3O2/c1-14-21(10-20-11-22(28-13-27-20)32-16(3)23(26)15(2)29-32)31(12-17-4-5-17)30-24(14)18-6-8-19(25)9-7-18;3-2(4,5)1(6)7/h6-9,11,13,17H,4-5,10,12,26H2,1-3H3;(H,6,7). The number of rotatable bonds is 6. The summed E-state index contributed by atoms with van der Waals surface area (Å²) in [6, 6.07) is 8.47. The number of nitrogens with two attached hydrogens (primary N) is 1. The fraction of sp³-hybridized carbons (Fsp3) is 0.346. The monoisotopic (exact) mass is 545 g/mol. The Morgan fingerprint density at radius 1 is 1.10 bits per heavy atom. The predicted octanol–water partition coefficient (Wildman–Crippen LogP) is 4.81. The van der Waals surface area contributed by atoms with Gasteiger partial charge in [0.25, 0.3) is 0 Å². The van der Waals surface area contributed by atoms with Crippen molar-refractivity contribution in [3.63, 3.8) is 0 Å². The maximum Gasteiger partial charge on any atom is 0.490 e. The Morgan fingerprint density at radius 2 is 1.74 bits per heavy atom. The Morgan fingerprint density at radius 3 is 2.28 bits per heavy atom. The second kappa shape index (κ2) is 10.8. The number of aromatic nitrogens is 6. The average molecular weight is 546 g/mol. The van der Waals surface area contributed by atoms with Crippen LogP contribution in [0.3, 0.4) is 0 Å². The summed E-state index contributed by atoms with van der Waals surface area (Å²) in [6.45, 7) is 6.79. The lowest BCUT2D eigenvalue weighted by atomic mass is 10.0. The van der Waals surface area contributed by atoms with E-state index in [2.05, 4.69) is 26.7 Å². The lowest BCUT2D eigenvalue weighted by Crippen LogP contribution is -2.21. The molecule has 4 aromatic rings. The van der Waals surface area contributed by atoms with Gasteiger partial charge in [-0.2, -0.15) is 23.4 Å². The van der Waals surface area contributed by atoms with E-state index >= 15 is 0 Å². The van der Waals surface area contributed by atoms with E-state index < -0.39 is 12.1 Å². The molecule has 0 aliphatic heterocycles. The highest BCUT2D eigenvalue weighted by molar-refractivity contribution is 5.73. The molecule has 1 saturated carbocycles. The van der Waals surface area contributed by atoms with Gasteiger partial charge < -0.3 is 10.8 Å². The van der Waals surface area contributed by atoms with Gasteiger partial charge in [0.05, 0.1) is 28.5 Å². The molecule has 0 spiro atoms. The van der Waals surface area contributed by atoms with Crippen molar-refractivity contribution in [3.8, 4) is 17.1 Å². The number of aliphatic carboxylic acids is 1. The highest BCUT2D eigenvalue weighted by Gasteiger charge is 2.38. The number of hydrogen-bond donors (Lipinski definition) is 2. The van der Waals surface area contributed by atoms with E-state index in [1.165, 1.54) is 25.0 Å². The van der Waals surface area contributed by atoms with Crippen LogP contribution in [0.4, 0.5) is 23.2 Å². The summed E-state index contributed by atoms with van der Waals surface area (Å²) in [5.74, 6) is -1.64. The molecule has 3 N–H and O–H groups in total. The number of carboxylic acids is 1. The maximum atomic E-state index is 13.4. The molecule has 1 aliphatic carbocycles. The van der Waals surface area contributed by atoms with Gasteiger partial charge in [0.1, 0.15) is 12.1 Å². The Bertz CT molecular complexity index is 1490.